The quantitative estimate of drug-likeness (QED) is 0.743. The second kappa shape index (κ2) is 6.32. The lowest BCUT2D eigenvalue weighted by atomic mass is 9.93. The van der Waals surface area contributed by atoms with E-state index in [2.05, 4.69) is 10.3 Å². The molecule has 2 aromatic carbocycles. The first-order valence-corrected chi connectivity index (χ1v) is 9.00. The predicted molar refractivity (Wildman–Crippen MR) is 102 cm³/mol. The molecule has 0 spiro atoms. The van der Waals surface area contributed by atoms with E-state index in [0.717, 1.165) is 46.6 Å². The van der Waals surface area contributed by atoms with Crippen molar-refractivity contribution in [2.24, 2.45) is 7.05 Å². The van der Waals surface area contributed by atoms with Gasteiger partial charge < -0.3 is 14.6 Å². The van der Waals surface area contributed by atoms with Crippen LogP contribution < -0.4 is 10.1 Å². The lowest BCUT2D eigenvalue weighted by molar-refractivity contribution is 0.0959. The highest BCUT2D eigenvalue weighted by Crippen LogP contribution is 2.41. The molecule has 1 aliphatic heterocycles. The number of nitrogens with zero attached hydrogens (tertiary/aromatic N) is 2. The Morgan fingerprint density at radius 3 is 2.77 bits per heavy atom. The molecule has 1 N–H and O–H groups in total. The van der Waals surface area contributed by atoms with Gasteiger partial charge in [0.25, 0.3) is 5.91 Å². The second-order valence-corrected chi connectivity index (χ2v) is 7.03. The summed E-state index contributed by atoms with van der Waals surface area (Å²) in [5.41, 5.74) is 4.38. The molecule has 134 valence electrons. The van der Waals surface area contributed by atoms with Gasteiger partial charge in [0.15, 0.2) is 5.75 Å². The first-order chi connectivity index (χ1) is 12.5. The smallest absolute Gasteiger partial charge is 0.251 e. The van der Waals surface area contributed by atoms with Crippen LogP contribution in [0.5, 0.6) is 5.75 Å². The molecule has 6 heteroatoms. The van der Waals surface area contributed by atoms with E-state index < -0.39 is 0 Å². The summed E-state index contributed by atoms with van der Waals surface area (Å²) in [4.78, 5) is 17.1. The van der Waals surface area contributed by atoms with E-state index in [1.165, 1.54) is 0 Å². The van der Waals surface area contributed by atoms with Crippen molar-refractivity contribution < 1.29 is 9.53 Å². The maximum atomic E-state index is 12.4. The van der Waals surface area contributed by atoms with E-state index in [9.17, 15) is 4.79 Å². The zero-order valence-electron chi connectivity index (χ0n) is 15.0. The van der Waals surface area contributed by atoms with Crippen molar-refractivity contribution in [2.75, 3.05) is 7.05 Å². The summed E-state index contributed by atoms with van der Waals surface area (Å²) in [6.07, 6.45) is 1.48. The zero-order valence-corrected chi connectivity index (χ0v) is 15.7. The molecular weight excluding hydrogens is 350 g/mol. The molecule has 1 atom stereocenters. The Bertz CT molecular complexity index is 1010. The fourth-order valence-corrected chi connectivity index (χ4v) is 3.68. The van der Waals surface area contributed by atoms with Gasteiger partial charge >= 0.3 is 0 Å². The normalized spacial score (nSPS) is 16.2. The maximum absolute atomic E-state index is 12.4. The molecule has 1 aliphatic rings. The van der Waals surface area contributed by atoms with Gasteiger partial charge in [0, 0.05) is 30.2 Å². The molecule has 4 rings (SSSR count). The Labute approximate surface area is 156 Å². The van der Waals surface area contributed by atoms with Crippen LogP contribution in [0.1, 0.15) is 39.8 Å². The monoisotopic (exact) mass is 369 g/mol. The second-order valence-electron chi connectivity index (χ2n) is 6.59. The Kier molecular flexibility index (Phi) is 4.11. The van der Waals surface area contributed by atoms with Crippen LogP contribution >= 0.6 is 11.6 Å². The summed E-state index contributed by atoms with van der Waals surface area (Å²) in [7, 11) is 3.60. The SMILES string of the molecule is CNC(=O)c1cc2c(nc(C)n2C)c2c1CC[C@@H](c1ccc(Cl)cc1)O2. The molecule has 0 fully saturated rings. The molecule has 0 saturated carbocycles. The number of hydrogen-bond acceptors (Lipinski definition) is 3. The van der Waals surface area contributed by atoms with Crippen molar-refractivity contribution in [3.63, 3.8) is 0 Å². The lowest BCUT2D eigenvalue weighted by Gasteiger charge is -2.28. The van der Waals surface area contributed by atoms with E-state index in [0.29, 0.717) is 10.6 Å². The van der Waals surface area contributed by atoms with Gasteiger partial charge in [-0.2, -0.15) is 0 Å². The van der Waals surface area contributed by atoms with Crippen molar-refractivity contribution in [1.82, 2.24) is 14.9 Å². The maximum Gasteiger partial charge on any atom is 0.251 e. The topological polar surface area (TPSA) is 56.2 Å². The van der Waals surface area contributed by atoms with E-state index in [4.69, 9.17) is 16.3 Å². The van der Waals surface area contributed by atoms with Crippen LogP contribution in [0.4, 0.5) is 0 Å². The first kappa shape index (κ1) is 16.9. The predicted octanol–water partition coefficient (Wildman–Crippen LogP) is 3.96. The van der Waals surface area contributed by atoms with Gasteiger partial charge in [-0.1, -0.05) is 23.7 Å². The van der Waals surface area contributed by atoms with Gasteiger partial charge in [-0.3, -0.25) is 4.79 Å². The molecule has 5 nitrogen and oxygen atoms in total. The number of hydrogen-bond donors (Lipinski definition) is 1. The molecule has 1 amide bonds. The number of ether oxygens (including phenoxy) is 1. The van der Waals surface area contributed by atoms with Crippen LogP contribution in [-0.4, -0.2) is 22.5 Å². The minimum atomic E-state index is -0.101. The van der Waals surface area contributed by atoms with Gasteiger partial charge in [0.2, 0.25) is 0 Å². The molecule has 26 heavy (non-hydrogen) atoms. The third-order valence-electron chi connectivity index (χ3n) is 5.09. The van der Waals surface area contributed by atoms with Crippen LogP contribution in [0.15, 0.2) is 30.3 Å². The average Bonchev–Trinajstić information content (AvgIpc) is 2.95. The number of imidazole rings is 1. The first-order valence-electron chi connectivity index (χ1n) is 8.62. The summed E-state index contributed by atoms with van der Waals surface area (Å²) in [6, 6.07) is 9.64. The summed E-state index contributed by atoms with van der Waals surface area (Å²) < 4.78 is 8.36. The van der Waals surface area contributed by atoms with Crippen molar-refractivity contribution >= 4 is 28.5 Å². The van der Waals surface area contributed by atoms with E-state index in [-0.39, 0.29) is 12.0 Å². The highest BCUT2D eigenvalue weighted by molar-refractivity contribution is 6.30. The zero-order chi connectivity index (χ0) is 18.4. The number of halogens is 1. The van der Waals surface area contributed by atoms with Crippen LogP contribution in [-0.2, 0) is 13.5 Å². The Hall–Kier alpha value is -2.53. The number of amides is 1. The lowest BCUT2D eigenvalue weighted by Crippen LogP contribution is -2.23. The minimum absolute atomic E-state index is 0.0785. The number of fused-ring (bicyclic) bond motifs is 3. The largest absolute Gasteiger partial charge is 0.483 e. The van der Waals surface area contributed by atoms with Crippen molar-refractivity contribution in [1.29, 1.82) is 0 Å². The molecule has 0 bridgehead atoms. The van der Waals surface area contributed by atoms with Crippen molar-refractivity contribution in [3.05, 3.63) is 57.9 Å². The van der Waals surface area contributed by atoms with Gasteiger partial charge in [-0.15, -0.1) is 0 Å². The third kappa shape index (κ3) is 2.63. The number of benzene rings is 2. The van der Waals surface area contributed by atoms with Crippen LogP contribution in [0, 0.1) is 6.92 Å². The summed E-state index contributed by atoms with van der Waals surface area (Å²) in [5.74, 6) is 1.50. The van der Waals surface area contributed by atoms with Gasteiger partial charge in [-0.25, -0.2) is 4.98 Å². The van der Waals surface area contributed by atoms with Crippen molar-refractivity contribution in [3.8, 4) is 5.75 Å². The Balaban J connectivity index is 1.87. The number of aryl methyl sites for hydroxylation is 2. The molecule has 1 aromatic heterocycles. The molecular formula is C20H20ClN3O2. The fourth-order valence-electron chi connectivity index (χ4n) is 3.55. The van der Waals surface area contributed by atoms with Crippen LogP contribution in [0.2, 0.25) is 5.02 Å². The average molecular weight is 370 g/mol. The highest BCUT2D eigenvalue weighted by atomic mass is 35.5. The number of carbonyl (C=O) groups excluding carboxylic acids is 1. The number of carbonyl (C=O) groups is 1. The Morgan fingerprint density at radius 2 is 2.08 bits per heavy atom. The van der Waals surface area contributed by atoms with Crippen LogP contribution in [0.3, 0.4) is 0 Å². The van der Waals surface area contributed by atoms with E-state index in [1.807, 2.05) is 48.9 Å². The van der Waals surface area contributed by atoms with Gasteiger partial charge in [-0.05, 0) is 43.5 Å². The summed E-state index contributed by atoms with van der Waals surface area (Å²) in [6.45, 7) is 1.95. The molecule has 0 aliphatic carbocycles. The Morgan fingerprint density at radius 1 is 1.35 bits per heavy atom. The van der Waals surface area contributed by atoms with Crippen molar-refractivity contribution in [2.45, 2.75) is 25.9 Å². The van der Waals surface area contributed by atoms with E-state index >= 15 is 0 Å². The molecule has 2 heterocycles. The molecule has 0 saturated heterocycles. The molecule has 3 aromatic rings. The number of aromatic nitrogens is 2. The molecule has 0 unspecified atom stereocenters. The van der Waals surface area contributed by atoms with E-state index in [1.54, 1.807) is 7.05 Å². The summed E-state index contributed by atoms with van der Waals surface area (Å²) >= 11 is 6.00. The minimum Gasteiger partial charge on any atom is -0.483 e. The standard InChI is InChI=1S/C20H20ClN3O2/c1-11-23-18-16(24(11)3)10-15(20(25)22-2)14-8-9-17(26-19(14)18)12-4-6-13(21)7-5-12/h4-7,10,17H,8-9H2,1-3H3,(H,22,25)/t17-/m0/s1. The third-order valence-corrected chi connectivity index (χ3v) is 5.34. The fraction of sp³-hybridized carbons (Fsp3) is 0.300. The van der Waals surface area contributed by atoms with Gasteiger partial charge in [0.05, 0.1) is 5.52 Å². The number of rotatable bonds is 2. The number of nitrogens with one attached hydrogen (secondary N) is 1. The van der Waals surface area contributed by atoms with Gasteiger partial charge in [0.1, 0.15) is 17.4 Å². The molecule has 0 radical (unpaired) electrons. The van der Waals surface area contributed by atoms with Crippen LogP contribution in [0.25, 0.3) is 11.0 Å². The summed E-state index contributed by atoms with van der Waals surface area (Å²) in [5, 5.41) is 3.44. The highest BCUT2D eigenvalue weighted by Gasteiger charge is 2.29.